The van der Waals surface area contributed by atoms with Crippen molar-refractivity contribution in [2.75, 3.05) is 6.61 Å². The quantitative estimate of drug-likeness (QED) is 0.726. The Balaban J connectivity index is 4.97. The smallest absolute Gasteiger partial charge is 0.308 e. The number of esters is 1. The van der Waals surface area contributed by atoms with Crippen molar-refractivity contribution in [3.63, 3.8) is 0 Å². The third-order valence-corrected chi connectivity index (χ3v) is 2.25. The molecule has 15 heavy (non-hydrogen) atoms. The summed E-state index contributed by atoms with van der Waals surface area (Å²) in [5, 5.41) is 10.0. The Bertz CT molecular complexity index is 345. The number of aliphatic hydroxyl groups is 1. The number of aliphatic hydroxyl groups excluding tert-OH is 1. The minimum absolute atomic E-state index is 0.0836. The average Bonchev–Trinajstić information content (AvgIpc) is 2.21. The molecule has 1 atom stereocenters. The van der Waals surface area contributed by atoms with E-state index in [1.807, 2.05) is 0 Å². The van der Waals surface area contributed by atoms with Gasteiger partial charge in [-0.25, -0.2) is 0 Å². The van der Waals surface area contributed by atoms with Gasteiger partial charge in [-0.15, -0.1) is 0 Å². The summed E-state index contributed by atoms with van der Waals surface area (Å²) in [7, 11) is 0. The summed E-state index contributed by atoms with van der Waals surface area (Å²) < 4.78 is 48.0. The second-order valence-corrected chi connectivity index (χ2v) is 4.72. The van der Waals surface area contributed by atoms with E-state index in [4.69, 9.17) is 13.0 Å². The van der Waals surface area contributed by atoms with Gasteiger partial charge in [-0.2, -0.15) is 0 Å². The average molecular weight is 222 g/mol. The maximum absolute atomic E-state index is 11.9. The van der Waals surface area contributed by atoms with Crippen LogP contribution in [-0.4, -0.2) is 23.8 Å². The van der Waals surface area contributed by atoms with Gasteiger partial charge in [0.05, 0.1) is 18.6 Å². The molecule has 0 heterocycles. The molecular weight excluding hydrogens is 192 g/mol. The molecule has 0 saturated carbocycles. The molecule has 0 amide bonds. The molecule has 0 spiro atoms. The van der Waals surface area contributed by atoms with Gasteiger partial charge in [0.15, 0.2) is 0 Å². The van der Waals surface area contributed by atoms with Gasteiger partial charge < -0.3 is 9.84 Å². The fourth-order valence-corrected chi connectivity index (χ4v) is 1.33. The Kier molecular flexibility index (Phi) is 2.53. The third-order valence-electron chi connectivity index (χ3n) is 2.25. The summed E-state index contributed by atoms with van der Waals surface area (Å²) in [6.07, 6.45) is -0.774. The summed E-state index contributed by atoms with van der Waals surface area (Å²) in [6.45, 7) is 0.708. The molecule has 1 N–H and O–H groups in total. The van der Waals surface area contributed by atoms with Crippen molar-refractivity contribution in [1.29, 1.82) is 0 Å². The van der Waals surface area contributed by atoms with E-state index in [9.17, 15) is 9.90 Å². The number of carbonyl (C=O) groups excluding carboxylic acids is 1. The van der Waals surface area contributed by atoms with E-state index in [0.717, 1.165) is 0 Å². The van der Waals surface area contributed by atoms with E-state index in [1.54, 1.807) is 27.7 Å². The van der Waals surface area contributed by atoms with Crippen LogP contribution in [0.3, 0.4) is 0 Å². The van der Waals surface area contributed by atoms with Crippen LogP contribution in [0.15, 0.2) is 0 Å². The first-order valence-corrected chi connectivity index (χ1v) is 4.95. The predicted molar refractivity (Wildman–Crippen MR) is 60.4 cm³/mol. The molecule has 0 rings (SSSR count). The highest BCUT2D eigenvalue weighted by atomic mass is 16.5. The fraction of sp³-hybridized carbons (Fsp3) is 0.917. The number of ether oxygens (including phenoxy) is 1. The molecule has 0 saturated heterocycles. The SMILES string of the molecule is [2H]C([2H])([2H])C(C(=O)OCC(C)(C)C(O)C(C)C)C([2H])([2H])[2H]. The normalized spacial score (nSPS) is 22.1. The van der Waals surface area contributed by atoms with Gasteiger partial charge in [0.1, 0.15) is 0 Å². The number of hydrogen-bond acceptors (Lipinski definition) is 3. The standard InChI is InChI=1S/C12H24O3/c1-8(2)10(13)12(5,6)7-15-11(14)9(3)4/h8-10,13H,7H2,1-6H3/i3D3,4D3. The second-order valence-electron chi connectivity index (χ2n) is 4.72. The Hall–Kier alpha value is -0.570. The number of rotatable bonds is 5. The molecule has 0 aromatic rings. The van der Waals surface area contributed by atoms with Crippen LogP contribution in [0.5, 0.6) is 0 Å². The Morgan fingerprint density at radius 2 is 2.00 bits per heavy atom. The maximum Gasteiger partial charge on any atom is 0.308 e. The molecule has 3 heteroatoms. The van der Waals surface area contributed by atoms with Gasteiger partial charge >= 0.3 is 5.97 Å². The Labute approximate surface area is 101 Å². The summed E-state index contributed by atoms with van der Waals surface area (Å²) >= 11 is 0. The van der Waals surface area contributed by atoms with E-state index < -0.39 is 37.1 Å². The molecule has 3 nitrogen and oxygen atoms in total. The first-order valence-electron chi connectivity index (χ1n) is 7.95. The van der Waals surface area contributed by atoms with Crippen molar-refractivity contribution in [1.82, 2.24) is 0 Å². The number of hydrogen-bond donors (Lipinski definition) is 1. The highest BCUT2D eigenvalue weighted by molar-refractivity contribution is 5.71. The largest absolute Gasteiger partial charge is 0.465 e. The zero-order chi connectivity index (χ0) is 17.2. The van der Waals surface area contributed by atoms with Crippen LogP contribution >= 0.6 is 0 Å². The molecule has 0 aromatic carbocycles. The lowest BCUT2D eigenvalue weighted by Gasteiger charge is -2.32. The van der Waals surface area contributed by atoms with Gasteiger partial charge in [0.25, 0.3) is 0 Å². The molecule has 0 radical (unpaired) electrons. The monoisotopic (exact) mass is 222 g/mol. The van der Waals surface area contributed by atoms with Crippen molar-refractivity contribution in [3.8, 4) is 0 Å². The van der Waals surface area contributed by atoms with Gasteiger partial charge in [0, 0.05) is 13.6 Å². The summed E-state index contributed by atoms with van der Waals surface area (Å²) in [4.78, 5) is 11.9. The van der Waals surface area contributed by atoms with E-state index in [1.165, 1.54) is 0 Å². The summed E-state index contributed by atoms with van der Waals surface area (Å²) in [5.41, 5.74) is -0.808. The predicted octanol–water partition coefficient (Wildman–Crippen LogP) is 2.23. The van der Waals surface area contributed by atoms with Crippen LogP contribution in [-0.2, 0) is 9.53 Å². The zero-order valence-corrected chi connectivity index (χ0v) is 9.70. The van der Waals surface area contributed by atoms with Crippen molar-refractivity contribution in [3.05, 3.63) is 0 Å². The highest BCUT2D eigenvalue weighted by Gasteiger charge is 2.31. The van der Waals surface area contributed by atoms with E-state index in [-0.39, 0.29) is 12.5 Å². The van der Waals surface area contributed by atoms with Crippen LogP contribution in [0.25, 0.3) is 0 Å². The van der Waals surface area contributed by atoms with Crippen LogP contribution in [0.2, 0.25) is 0 Å². The van der Waals surface area contributed by atoms with Crippen LogP contribution < -0.4 is 0 Å². The number of carbonyl (C=O) groups is 1. The molecule has 0 aliphatic heterocycles. The fourth-order valence-electron chi connectivity index (χ4n) is 1.33. The summed E-state index contributed by atoms with van der Waals surface area (Å²) in [6, 6.07) is 0. The van der Waals surface area contributed by atoms with Gasteiger partial charge in [-0.3, -0.25) is 4.79 Å². The zero-order valence-electron chi connectivity index (χ0n) is 15.7. The molecule has 0 fully saturated rings. The molecule has 0 aliphatic carbocycles. The first-order chi connectivity index (χ1) is 9.10. The third kappa shape index (κ3) is 4.65. The minimum Gasteiger partial charge on any atom is -0.465 e. The lowest BCUT2D eigenvalue weighted by atomic mass is 9.81. The van der Waals surface area contributed by atoms with E-state index in [2.05, 4.69) is 0 Å². The molecule has 0 bridgehead atoms. The van der Waals surface area contributed by atoms with Crippen LogP contribution in [0.1, 0.15) is 49.6 Å². The van der Waals surface area contributed by atoms with Crippen LogP contribution in [0, 0.1) is 17.3 Å². The van der Waals surface area contributed by atoms with Crippen molar-refractivity contribution in [2.24, 2.45) is 17.3 Å². The Morgan fingerprint density at radius 3 is 2.40 bits per heavy atom. The Morgan fingerprint density at radius 1 is 1.47 bits per heavy atom. The van der Waals surface area contributed by atoms with Gasteiger partial charge in [0.2, 0.25) is 0 Å². The van der Waals surface area contributed by atoms with Gasteiger partial charge in [-0.1, -0.05) is 41.4 Å². The lowest BCUT2D eigenvalue weighted by molar-refractivity contribution is -0.153. The van der Waals surface area contributed by atoms with Gasteiger partial charge in [-0.05, 0) is 5.92 Å². The molecule has 0 aromatic heterocycles. The van der Waals surface area contributed by atoms with Crippen molar-refractivity contribution >= 4 is 5.97 Å². The molecule has 90 valence electrons. The highest BCUT2D eigenvalue weighted by Crippen LogP contribution is 2.26. The van der Waals surface area contributed by atoms with E-state index in [0.29, 0.717) is 0 Å². The lowest BCUT2D eigenvalue weighted by Crippen LogP contribution is -2.38. The van der Waals surface area contributed by atoms with Crippen LogP contribution in [0.4, 0.5) is 0 Å². The first kappa shape index (κ1) is 6.89. The molecule has 1 unspecified atom stereocenters. The van der Waals surface area contributed by atoms with Crippen molar-refractivity contribution in [2.45, 2.75) is 47.5 Å². The maximum atomic E-state index is 11.9. The van der Waals surface area contributed by atoms with E-state index >= 15 is 0 Å². The minimum atomic E-state index is -2.97. The molecule has 0 aliphatic rings. The topological polar surface area (TPSA) is 46.5 Å². The van der Waals surface area contributed by atoms with Crippen molar-refractivity contribution < 1.29 is 22.9 Å². The molecular formula is C12H24O3. The summed E-state index contributed by atoms with van der Waals surface area (Å²) in [5.74, 6) is -3.56. The second kappa shape index (κ2) is 5.50.